The SMILES string of the molecule is CC(O)CNCc1csc(Br)c1. The molecule has 12 heavy (non-hydrogen) atoms. The molecule has 0 saturated heterocycles. The summed E-state index contributed by atoms with van der Waals surface area (Å²) in [6.07, 6.45) is -0.271. The van der Waals surface area contributed by atoms with Crippen molar-refractivity contribution in [3.8, 4) is 0 Å². The molecule has 1 unspecified atom stereocenters. The molecule has 0 aliphatic rings. The average molecular weight is 250 g/mol. The van der Waals surface area contributed by atoms with E-state index in [0.717, 1.165) is 10.3 Å². The molecule has 0 radical (unpaired) electrons. The van der Waals surface area contributed by atoms with Crippen LogP contribution in [0.25, 0.3) is 0 Å². The van der Waals surface area contributed by atoms with Gasteiger partial charge in [-0.2, -0.15) is 0 Å². The van der Waals surface area contributed by atoms with E-state index in [4.69, 9.17) is 5.11 Å². The predicted molar refractivity (Wildman–Crippen MR) is 55.4 cm³/mol. The number of hydrogen-bond acceptors (Lipinski definition) is 3. The quantitative estimate of drug-likeness (QED) is 0.856. The highest BCUT2D eigenvalue weighted by atomic mass is 79.9. The van der Waals surface area contributed by atoms with E-state index >= 15 is 0 Å². The van der Waals surface area contributed by atoms with Crippen molar-refractivity contribution in [2.75, 3.05) is 6.54 Å². The van der Waals surface area contributed by atoms with Gasteiger partial charge in [0.1, 0.15) is 0 Å². The van der Waals surface area contributed by atoms with E-state index < -0.39 is 0 Å². The maximum atomic E-state index is 8.97. The van der Waals surface area contributed by atoms with Crippen molar-refractivity contribution in [2.45, 2.75) is 19.6 Å². The standard InChI is InChI=1S/C8H12BrNOS/c1-6(11)3-10-4-7-2-8(9)12-5-7/h2,5-6,10-11H,3-4H2,1H3. The predicted octanol–water partition coefficient (Wildman–Crippen LogP) is 1.98. The Morgan fingerprint density at radius 3 is 3.00 bits per heavy atom. The summed E-state index contributed by atoms with van der Waals surface area (Å²) in [5.74, 6) is 0. The third kappa shape index (κ3) is 3.67. The fraction of sp³-hybridized carbons (Fsp3) is 0.500. The van der Waals surface area contributed by atoms with Crippen molar-refractivity contribution >= 4 is 27.3 Å². The maximum Gasteiger partial charge on any atom is 0.0701 e. The Hall–Kier alpha value is 0.100. The lowest BCUT2D eigenvalue weighted by atomic mass is 10.3. The summed E-state index contributed by atoms with van der Waals surface area (Å²) in [7, 11) is 0. The summed E-state index contributed by atoms with van der Waals surface area (Å²) in [5, 5.41) is 14.2. The second kappa shape index (κ2) is 4.97. The monoisotopic (exact) mass is 249 g/mol. The third-order valence-corrected chi connectivity index (χ3v) is 2.94. The van der Waals surface area contributed by atoms with Gasteiger partial charge in [0.2, 0.25) is 0 Å². The molecule has 0 aliphatic heterocycles. The maximum absolute atomic E-state index is 8.97. The van der Waals surface area contributed by atoms with Crippen LogP contribution in [-0.2, 0) is 6.54 Å². The van der Waals surface area contributed by atoms with Gasteiger partial charge in [0.05, 0.1) is 9.89 Å². The number of nitrogens with one attached hydrogen (secondary N) is 1. The van der Waals surface area contributed by atoms with Gasteiger partial charge in [-0.1, -0.05) is 0 Å². The van der Waals surface area contributed by atoms with Gasteiger partial charge in [-0.3, -0.25) is 0 Å². The summed E-state index contributed by atoms with van der Waals surface area (Å²) in [6, 6.07) is 2.08. The molecular formula is C8H12BrNOS. The molecule has 1 heterocycles. The lowest BCUT2D eigenvalue weighted by Crippen LogP contribution is -2.23. The number of rotatable bonds is 4. The van der Waals surface area contributed by atoms with E-state index in [2.05, 4.69) is 32.7 Å². The van der Waals surface area contributed by atoms with Crippen molar-refractivity contribution in [1.29, 1.82) is 0 Å². The zero-order valence-corrected chi connectivity index (χ0v) is 9.28. The summed E-state index contributed by atoms with van der Waals surface area (Å²) in [5.41, 5.74) is 1.26. The molecule has 1 aromatic heterocycles. The van der Waals surface area contributed by atoms with Gasteiger partial charge in [-0.25, -0.2) is 0 Å². The number of halogens is 1. The topological polar surface area (TPSA) is 32.3 Å². The normalized spacial score (nSPS) is 13.2. The highest BCUT2D eigenvalue weighted by molar-refractivity contribution is 9.11. The minimum absolute atomic E-state index is 0.271. The molecule has 2 nitrogen and oxygen atoms in total. The van der Waals surface area contributed by atoms with Crippen molar-refractivity contribution in [2.24, 2.45) is 0 Å². The first kappa shape index (κ1) is 10.2. The Labute approximate surface area is 84.7 Å². The highest BCUT2D eigenvalue weighted by Gasteiger charge is 1.97. The number of aliphatic hydroxyl groups excluding tert-OH is 1. The zero-order chi connectivity index (χ0) is 8.97. The van der Waals surface area contributed by atoms with Gasteiger partial charge in [0, 0.05) is 13.1 Å². The Kier molecular flexibility index (Phi) is 4.21. The van der Waals surface area contributed by atoms with Crippen LogP contribution in [0, 0.1) is 0 Å². The van der Waals surface area contributed by atoms with E-state index in [-0.39, 0.29) is 6.10 Å². The van der Waals surface area contributed by atoms with E-state index in [0.29, 0.717) is 6.54 Å². The lowest BCUT2D eigenvalue weighted by Gasteiger charge is -2.04. The summed E-state index contributed by atoms with van der Waals surface area (Å²) >= 11 is 5.07. The fourth-order valence-electron chi connectivity index (χ4n) is 0.864. The van der Waals surface area contributed by atoms with Crippen LogP contribution in [-0.4, -0.2) is 17.8 Å². The third-order valence-electron chi connectivity index (χ3n) is 1.39. The first-order valence-electron chi connectivity index (χ1n) is 3.80. The van der Waals surface area contributed by atoms with Gasteiger partial charge >= 0.3 is 0 Å². The number of thiophene rings is 1. The molecule has 0 amide bonds. The summed E-state index contributed by atoms with van der Waals surface area (Å²) in [6.45, 7) is 3.25. The molecule has 0 fully saturated rings. The number of hydrogen-bond donors (Lipinski definition) is 2. The molecule has 1 atom stereocenters. The van der Waals surface area contributed by atoms with Crippen molar-refractivity contribution < 1.29 is 5.11 Å². The molecule has 2 N–H and O–H groups in total. The Balaban J connectivity index is 2.24. The Bertz CT molecular complexity index is 237. The van der Waals surface area contributed by atoms with Crippen LogP contribution in [0.15, 0.2) is 15.2 Å². The van der Waals surface area contributed by atoms with Crippen molar-refractivity contribution in [3.05, 3.63) is 20.8 Å². The minimum atomic E-state index is -0.271. The van der Waals surface area contributed by atoms with E-state index in [1.54, 1.807) is 18.3 Å². The van der Waals surface area contributed by atoms with Gasteiger partial charge < -0.3 is 10.4 Å². The molecule has 1 aromatic rings. The Morgan fingerprint density at radius 2 is 2.50 bits per heavy atom. The molecular weight excluding hydrogens is 238 g/mol. The smallest absolute Gasteiger partial charge is 0.0701 e. The first-order chi connectivity index (χ1) is 5.68. The fourth-order valence-corrected chi connectivity index (χ4v) is 2.07. The second-order valence-corrected chi connectivity index (χ2v) is 5.03. The largest absolute Gasteiger partial charge is 0.392 e. The molecule has 0 aromatic carbocycles. The van der Waals surface area contributed by atoms with Gasteiger partial charge in [-0.15, -0.1) is 11.3 Å². The van der Waals surface area contributed by atoms with Gasteiger partial charge in [0.15, 0.2) is 0 Å². The van der Waals surface area contributed by atoms with Crippen LogP contribution in [0.2, 0.25) is 0 Å². The van der Waals surface area contributed by atoms with Gasteiger partial charge in [-0.05, 0) is 39.9 Å². The van der Waals surface area contributed by atoms with E-state index in [9.17, 15) is 0 Å². The molecule has 0 spiro atoms. The first-order valence-corrected chi connectivity index (χ1v) is 5.47. The van der Waals surface area contributed by atoms with Crippen LogP contribution < -0.4 is 5.32 Å². The number of aliphatic hydroxyl groups is 1. The zero-order valence-electron chi connectivity index (χ0n) is 6.88. The average Bonchev–Trinajstić information content (AvgIpc) is 2.35. The van der Waals surface area contributed by atoms with Crippen LogP contribution in [0.3, 0.4) is 0 Å². The van der Waals surface area contributed by atoms with Gasteiger partial charge in [0.25, 0.3) is 0 Å². The van der Waals surface area contributed by atoms with Crippen LogP contribution in [0.1, 0.15) is 12.5 Å². The molecule has 0 saturated carbocycles. The van der Waals surface area contributed by atoms with Crippen LogP contribution in [0.4, 0.5) is 0 Å². The second-order valence-electron chi connectivity index (χ2n) is 2.74. The van der Waals surface area contributed by atoms with E-state index in [1.807, 2.05) is 0 Å². The van der Waals surface area contributed by atoms with Crippen LogP contribution >= 0.6 is 27.3 Å². The molecule has 0 bridgehead atoms. The molecule has 1 rings (SSSR count). The van der Waals surface area contributed by atoms with Crippen LogP contribution in [0.5, 0.6) is 0 Å². The minimum Gasteiger partial charge on any atom is -0.392 e. The van der Waals surface area contributed by atoms with Crippen molar-refractivity contribution in [1.82, 2.24) is 5.32 Å². The Morgan fingerprint density at radius 1 is 1.75 bits per heavy atom. The van der Waals surface area contributed by atoms with E-state index in [1.165, 1.54) is 5.56 Å². The molecule has 68 valence electrons. The van der Waals surface area contributed by atoms with Crippen molar-refractivity contribution in [3.63, 3.8) is 0 Å². The lowest BCUT2D eigenvalue weighted by molar-refractivity contribution is 0.191. The molecule has 4 heteroatoms. The molecule has 0 aliphatic carbocycles. The summed E-state index contributed by atoms with van der Waals surface area (Å²) in [4.78, 5) is 0. The highest BCUT2D eigenvalue weighted by Crippen LogP contribution is 2.20. The summed E-state index contributed by atoms with van der Waals surface area (Å²) < 4.78 is 1.15.